The Morgan fingerprint density at radius 1 is 1.25 bits per heavy atom. The second kappa shape index (κ2) is 7.45. The fourth-order valence-corrected chi connectivity index (χ4v) is 3.53. The third-order valence-electron chi connectivity index (χ3n) is 4.56. The zero-order valence-electron chi connectivity index (χ0n) is 13.1. The topological polar surface area (TPSA) is 49.3 Å². The maximum atomic E-state index is 14.0. The van der Waals surface area contributed by atoms with Crippen molar-refractivity contribution in [3.8, 4) is 0 Å². The van der Waals surface area contributed by atoms with Crippen molar-refractivity contribution in [3.63, 3.8) is 0 Å². The fraction of sp³-hybridized carbons (Fsp3) is 0.316. The number of carbonyl (C=O) groups is 1. The monoisotopic (exact) mass is 391 g/mol. The molecule has 0 aromatic heterocycles. The molecule has 1 saturated carbocycles. The van der Waals surface area contributed by atoms with Crippen LogP contribution in [0.2, 0.25) is 0 Å². The highest BCUT2D eigenvalue weighted by Crippen LogP contribution is 2.38. The Bertz CT molecular complexity index is 717. The van der Waals surface area contributed by atoms with Gasteiger partial charge in [-0.25, -0.2) is 4.39 Å². The maximum absolute atomic E-state index is 14.0. The lowest BCUT2D eigenvalue weighted by Gasteiger charge is -2.38. The summed E-state index contributed by atoms with van der Waals surface area (Å²) in [4.78, 5) is 11.5. The number of nitrogens with one attached hydrogen (secondary N) is 1. The fourth-order valence-electron chi connectivity index (χ4n) is 3.19. The largest absolute Gasteiger partial charge is 0.480 e. The highest BCUT2D eigenvalue weighted by molar-refractivity contribution is 9.10. The second-order valence-electron chi connectivity index (χ2n) is 6.28. The van der Waals surface area contributed by atoms with Gasteiger partial charge in [0.05, 0.1) is 0 Å². The molecule has 3 nitrogen and oxygen atoms in total. The van der Waals surface area contributed by atoms with E-state index in [4.69, 9.17) is 0 Å². The minimum atomic E-state index is -0.850. The predicted molar refractivity (Wildman–Crippen MR) is 94.6 cm³/mol. The Labute approximate surface area is 149 Å². The first-order chi connectivity index (χ1) is 11.5. The van der Waals surface area contributed by atoms with Crippen LogP contribution in [0.5, 0.6) is 0 Å². The molecule has 0 amide bonds. The first-order valence-electron chi connectivity index (χ1n) is 8.00. The van der Waals surface area contributed by atoms with E-state index in [-0.39, 0.29) is 17.8 Å². The van der Waals surface area contributed by atoms with Crippen molar-refractivity contribution in [2.75, 3.05) is 0 Å². The van der Waals surface area contributed by atoms with Gasteiger partial charge < -0.3 is 10.4 Å². The summed E-state index contributed by atoms with van der Waals surface area (Å²) in [7, 11) is 0. The molecule has 1 atom stereocenters. The first-order valence-corrected chi connectivity index (χ1v) is 8.80. The van der Waals surface area contributed by atoms with Gasteiger partial charge in [-0.3, -0.25) is 4.79 Å². The molecular formula is C19H19BrFNO2. The molecule has 0 aliphatic heterocycles. The molecule has 0 unspecified atom stereocenters. The summed E-state index contributed by atoms with van der Waals surface area (Å²) in [6.45, 7) is 0. The van der Waals surface area contributed by atoms with Gasteiger partial charge in [0, 0.05) is 10.5 Å². The molecule has 5 heteroatoms. The van der Waals surface area contributed by atoms with E-state index in [0.29, 0.717) is 12.0 Å². The van der Waals surface area contributed by atoms with Gasteiger partial charge in [0.25, 0.3) is 0 Å². The average Bonchev–Trinajstić information content (AvgIpc) is 2.51. The summed E-state index contributed by atoms with van der Waals surface area (Å²) in [5, 5.41) is 12.6. The van der Waals surface area contributed by atoms with Crippen LogP contribution < -0.4 is 5.32 Å². The molecule has 0 bridgehead atoms. The molecule has 24 heavy (non-hydrogen) atoms. The standard InChI is InChI=1S/C19H19BrFNO2/c20-14-6-7-16(17(21)11-14)13-9-15(10-13)22-18(19(23)24)8-12-4-2-1-3-5-12/h1-7,11,13,15,18,22H,8-10H2,(H,23,24)/t13?,15?,18-/m0/s1. The minimum absolute atomic E-state index is 0.114. The number of carboxylic acid groups (broad SMARTS) is 1. The third kappa shape index (κ3) is 4.02. The van der Waals surface area contributed by atoms with Crippen LogP contribution in [0.15, 0.2) is 53.0 Å². The molecule has 1 fully saturated rings. The van der Waals surface area contributed by atoms with Gasteiger partial charge in [0.15, 0.2) is 0 Å². The highest BCUT2D eigenvalue weighted by Gasteiger charge is 2.34. The van der Waals surface area contributed by atoms with Crippen LogP contribution in [-0.4, -0.2) is 23.2 Å². The summed E-state index contributed by atoms with van der Waals surface area (Å²) >= 11 is 3.26. The van der Waals surface area contributed by atoms with Crippen molar-refractivity contribution in [2.24, 2.45) is 0 Å². The van der Waals surface area contributed by atoms with Crippen molar-refractivity contribution >= 4 is 21.9 Å². The van der Waals surface area contributed by atoms with Gasteiger partial charge in [0.1, 0.15) is 11.9 Å². The zero-order chi connectivity index (χ0) is 17.1. The molecular weight excluding hydrogens is 373 g/mol. The van der Waals surface area contributed by atoms with Gasteiger partial charge in [0.2, 0.25) is 0 Å². The van der Waals surface area contributed by atoms with Crippen LogP contribution in [-0.2, 0) is 11.2 Å². The van der Waals surface area contributed by atoms with Crippen molar-refractivity contribution in [2.45, 2.75) is 37.3 Å². The van der Waals surface area contributed by atoms with E-state index < -0.39 is 12.0 Å². The highest BCUT2D eigenvalue weighted by atomic mass is 79.9. The number of hydrogen-bond donors (Lipinski definition) is 2. The molecule has 3 rings (SSSR count). The summed E-state index contributed by atoms with van der Waals surface area (Å²) in [6.07, 6.45) is 1.97. The number of aliphatic carboxylic acids is 1. The SMILES string of the molecule is O=C(O)[C@H](Cc1ccccc1)NC1CC(c2ccc(Br)cc2F)C1. The van der Waals surface area contributed by atoms with Crippen molar-refractivity contribution in [1.29, 1.82) is 0 Å². The summed E-state index contributed by atoms with van der Waals surface area (Å²) in [6, 6.07) is 14.2. The lowest BCUT2D eigenvalue weighted by atomic mass is 9.75. The van der Waals surface area contributed by atoms with Gasteiger partial charge in [-0.1, -0.05) is 52.3 Å². The van der Waals surface area contributed by atoms with Crippen LogP contribution in [0.1, 0.15) is 29.9 Å². The Morgan fingerprint density at radius 2 is 1.96 bits per heavy atom. The predicted octanol–water partition coefficient (Wildman–Crippen LogP) is 4.12. The maximum Gasteiger partial charge on any atom is 0.321 e. The van der Waals surface area contributed by atoms with Crippen LogP contribution in [0, 0.1) is 5.82 Å². The lowest BCUT2D eigenvalue weighted by Crippen LogP contribution is -2.49. The number of carboxylic acids is 1. The number of benzene rings is 2. The Kier molecular flexibility index (Phi) is 5.31. The lowest BCUT2D eigenvalue weighted by molar-refractivity contribution is -0.139. The molecule has 0 saturated heterocycles. The van der Waals surface area contributed by atoms with Gasteiger partial charge >= 0.3 is 5.97 Å². The Balaban J connectivity index is 1.57. The third-order valence-corrected chi connectivity index (χ3v) is 5.05. The van der Waals surface area contributed by atoms with Crippen molar-refractivity contribution in [3.05, 3.63) is 69.9 Å². The van der Waals surface area contributed by atoms with E-state index in [0.717, 1.165) is 22.9 Å². The summed E-state index contributed by atoms with van der Waals surface area (Å²) in [5.41, 5.74) is 1.71. The van der Waals surface area contributed by atoms with Crippen molar-refractivity contribution in [1.82, 2.24) is 5.32 Å². The van der Waals surface area contributed by atoms with Gasteiger partial charge in [-0.2, -0.15) is 0 Å². The molecule has 0 spiro atoms. The molecule has 2 aromatic carbocycles. The molecule has 2 aromatic rings. The van der Waals surface area contributed by atoms with Gasteiger partial charge in [-0.15, -0.1) is 0 Å². The van der Waals surface area contributed by atoms with E-state index in [2.05, 4.69) is 21.2 Å². The number of rotatable bonds is 6. The second-order valence-corrected chi connectivity index (χ2v) is 7.19. The minimum Gasteiger partial charge on any atom is -0.480 e. The smallest absolute Gasteiger partial charge is 0.321 e. The van der Waals surface area contributed by atoms with Crippen LogP contribution in [0.4, 0.5) is 4.39 Å². The van der Waals surface area contributed by atoms with E-state index in [9.17, 15) is 14.3 Å². The zero-order valence-corrected chi connectivity index (χ0v) is 14.7. The van der Waals surface area contributed by atoms with E-state index in [1.165, 1.54) is 6.07 Å². The normalized spacial score (nSPS) is 21.1. The van der Waals surface area contributed by atoms with Crippen LogP contribution >= 0.6 is 15.9 Å². The van der Waals surface area contributed by atoms with Gasteiger partial charge in [-0.05, 0) is 48.4 Å². The van der Waals surface area contributed by atoms with Crippen LogP contribution in [0.25, 0.3) is 0 Å². The molecule has 126 valence electrons. The van der Waals surface area contributed by atoms with E-state index >= 15 is 0 Å². The number of hydrogen-bond acceptors (Lipinski definition) is 2. The Hall–Kier alpha value is -1.72. The molecule has 1 aliphatic carbocycles. The molecule has 0 radical (unpaired) electrons. The molecule has 2 N–H and O–H groups in total. The first kappa shape index (κ1) is 17.1. The number of halogens is 2. The quantitative estimate of drug-likeness (QED) is 0.778. The Morgan fingerprint density at radius 3 is 2.58 bits per heavy atom. The summed E-state index contributed by atoms with van der Waals surface area (Å²) in [5.74, 6) is -0.897. The van der Waals surface area contributed by atoms with E-state index in [1.807, 2.05) is 36.4 Å². The van der Waals surface area contributed by atoms with E-state index in [1.54, 1.807) is 6.07 Å². The van der Waals surface area contributed by atoms with Crippen molar-refractivity contribution < 1.29 is 14.3 Å². The van der Waals surface area contributed by atoms with Crippen LogP contribution in [0.3, 0.4) is 0 Å². The average molecular weight is 392 g/mol. The molecule has 0 heterocycles. The molecule has 1 aliphatic rings. The summed E-state index contributed by atoms with van der Waals surface area (Å²) < 4.78 is 14.7.